The van der Waals surface area contributed by atoms with Crippen LogP contribution in [-0.4, -0.2) is 33.8 Å². The highest BCUT2D eigenvalue weighted by Crippen LogP contribution is 2.25. The number of aryl methyl sites for hydroxylation is 1. The molecule has 0 saturated carbocycles. The molecule has 2 N–H and O–H groups in total. The minimum Gasteiger partial charge on any atom is -0.326 e. The van der Waals surface area contributed by atoms with Crippen LogP contribution in [0.1, 0.15) is 32.0 Å². The van der Waals surface area contributed by atoms with Gasteiger partial charge >= 0.3 is 0 Å². The summed E-state index contributed by atoms with van der Waals surface area (Å²) in [5.41, 5.74) is 7.40. The Morgan fingerprint density at radius 2 is 2.31 bits per heavy atom. The van der Waals surface area contributed by atoms with Crippen LogP contribution in [0.2, 0.25) is 0 Å². The highest BCUT2D eigenvalue weighted by Gasteiger charge is 2.27. The van der Waals surface area contributed by atoms with Crippen molar-refractivity contribution >= 4 is 0 Å². The molecule has 0 aliphatic carbocycles. The van der Waals surface area contributed by atoms with Crippen molar-refractivity contribution in [2.75, 3.05) is 13.1 Å². The van der Waals surface area contributed by atoms with Crippen LogP contribution in [0.25, 0.3) is 0 Å². The predicted octanol–water partition coefficient (Wildman–Crippen LogP) is 1.15. The van der Waals surface area contributed by atoms with E-state index < -0.39 is 0 Å². The van der Waals surface area contributed by atoms with Crippen LogP contribution in [0.5, 0.6) is 0 Å². The Labute approximate surface area is 97.4 Å². The summed E-state index contributed by atoms with van der Waals surface area (Å²) in [7, 11) is 2.00. The van der Waals surface area contributed by atoms with Gasteiger partial charge in [-0.1, -0.05) is 6.92 Å². The third-order valence-corrected chi connectivity index (χ3v) is 3.88. The second-order valence-corrected chi connectivity index (χ2v) is 4.98. The second-order valence-electron chi connectivity index (χ2n) is 4.98. The van der Waals surface area contributed by atoms with Crippen molar-refractivity contribution in [2.24, 2.45) is 18.7 Å². The lowest BCUT2D eigenvalue weighted by molar-refractivity contribution is 0.124. The maximum atomic E-state index is 6.13. The summed E-state index contributed by atoms with van der Waals surface area (Å²) < 4.78 is 1.95. The number of rotatable bonds is 2. The standard InChI is InChI=1S/C12H22N4/c1-9-5-7-16(8-11(9)13)10(2)12-4-6-14-15(12)3/h4,6,9-11H,5,7-8,13H2,1-3H3. The normalized spacial score (nSPS) is 29.2. The van der Waals surface area contributed by atoms with E-state index >= 15 is 0 Å². The van der Waals surface area contributed by atoms with E-state index in [2.05, 4.69) is 29.9 Å². The van der Waals surface area contributed by atoms with E-state index in [1.54, 1.807) is 0 Å². The fourth-order valence-electron chi connectivity index (χ4n) is 2.46. The lowest BCUT2D eigenvalue weighted by Gasteiger charge is -2.38. The quantitative estimate of drug-likeness (QED) is 0.816. The molecule has 2 rings (SSSR count). The zero-order valence-corrected chi connectivity index (χ0v) is 10.4. The highest BCUT2D eigenvalue weighted by molar-refractivity contribution is 5.06. The second kappa shape index (κ2) is 4.55. The van der Waals surface area contributed by atoms with E-state index in [1.165, 1.54) is 12.1 Å². The average Bonchev–Trinajstić information content (AvgIpc) is 2.67. The molecular formula is C12H22N4. The molecule has 0 bridgehead atoms. The fraction of sp³-hybridized carbons (Fsp3) is 0.750. The molecule has 0 spiro atoms. The molecular weight excluding hydrogens is 200 g/mol. The minimum atomic E-state index is 0.310. The maximum absolute atomic E-state index is 6.13. The number of likely N-dealkylation sites (tertiary alicyclic amines) is 1. The molecule has 0 aromatic carbocycles. The Morgan fingerprint density at radius 3 is 2.88 bits per heavy atom. The third-order valence-electron chi connectivity index (χ3n) is 3.88. The van der Waals surface area contributed by atoms with Gasteiger partial charge in [-0.3, -0.25) is 9.58 Å². The SMILES string of the molecule is CC1CCN(C(C)c2ccnn2C)CC1N. The molecule has 90 valence electrons. The molecule has 3 unspecified atom stereocenters. The minimum absolute atomic E-state index is 0.310. The zero-order chi connectivity index (χ0) is 11.7. The summed E-state index contributed by atoms with van der Waals surface area (Å²) in [4.78, 5) is 2.46. The van der Waals surface area contributed by atoms with Crippen molar-refractivity contribution in [3.63, 3.8) is 0 Å². The Bertz CT molecular complexity index is 347. The first-order valence-corrected chi connectivity index (χ1v) is 6.07. The number of piperidine rings is 1. The first-order valence-electron chi connectivity index (χ1n) is 6.07. The van der Waals surface area contributed by atoms with Gasteiger partial charge in [0.25, 0.3) is 0 Å². The van der Waals surface area contributed by atoms with Gasteiger partial charge in [0.05, 0.1) is 5.69 Å². The van der Waals surface area contributed by atoms with E-state index in [0.29, 0.717) is 18.0 Å². The molecule has 16 heavy (non-hydrogen) atoms. The smallest absolute Gasteiger partial charge is 0.0549 e. The number of nitrogens with two attached hydrogens (primary N) is 1. The number of hydrogen-bond acceptors (Lipinski definition) is 3. The van der Waals surface area contributed by atoms with Gasteiger partial charge in [-0.2, -0.15) is 5.10 Å². The van der Waals surface area contributed by atoms with Crippen LogP contribution in [0, 0.1) is 5.92 Å². The highest BCUT2D eigenvalue weighted by atomic mass is 15.3. The Balaban J connectivity index is 2.06. The first-order chi connectivity index (χ1) is 7.59. The van der Waals surface area contributed by atoms with E-state index in [4.69, 9.17) is 5.73 Å². The monoisotopic (exact) mass is 222 g/mol. The van der Waals surface area contributed by atoms with E-state index in [-0.39, 0.29) is 0 Å². The number of hydrogen-bond donors (Lipinski definition) is 1. The van der Waals surface area contributed by atoms with Crippen LogP contribution in [0.15, 0.2) is 12.3 Å². The van der Waals surface area contributed by atoms with Crippen molar-refractivity contribution in [1.29, 1.82) is 0 Å². The summed E-state index contributed by atoms with van der Waals surface area (Å²) in [5.74, 6) is 0.648. The fourth-order valence-corrected chi connectivity index (χ4v) is 2.46. The van der Waals surface area contributed by atoms with Crippen molar-refractivity contribution in [3.8, 4) is 0 Å². The van der Waals surface area contributed by atoms with Crippen molar-refractivity contribution in [2.45, 2.75) is 32.4 Å². The summed E-state index contributed by atoms with van der Waals surface area (Å²) in [6.45, 7) is 6.62. The molecule has 4 heteroatoms. The van der Waals surface area contributed by atoms with Crippen molar-refractivity contribution < 1.29 is 0 Å². The Hall–Kier alpha value is -0.870. The summed E-state index contributed by atoms with van der Waals surface area (Å²) >= 11 is 0. The lowest BCUT2D eigenvalue weighted by atomic mass is 9.93. The number of nitrogens with zero attached hydrogens (tertiary/aromatic N) is 3. The van der Waals surface area contributed by atoms with Gasteiger partial charge in [-0.15, -0.1) is 0 Å². The average molecular weight is 222 g/mol. The molecule has 1 fully saturated rings. The van der Waals surface area contributed by atoms with Crippen LogP contribution >= 0.6 is 0 Å². The lowest BCUT2D eigenvalue weighted by Crippen LogP contribution is -2.48. The van der Waals surface area contributed by atoms with E-state index in [0.717, 1.165) is 13.1 Å². The molecule has 0 radical (unpaired) electrons. The van der Waals surface area contributed by atoms with Gasteiger partial charge in [0.2, 0.25) is 0 Å². The topological polar surface area (TPSA) is 47.1 Å². The molecule has 1 aliphatic rings. The summed E-state index contributed by atoms with van der Waals surface area (Å²) in [6, 6.07) is 2.81. The molecule has 1 saturated heterocycles. The third kappa shape index (κ3) is 2.13. The largest absolute Gasteiger partial charge is 0.326 e. The Morgan fingerprint density at radius 1 is 1.56 bits per heavy atom. The van der Waals surface area contributed by atoms with Crippen molar-refractivity contribution in [1.82, 2.24) is 14.7 Å². The van der Waals surface area contributed by atoms with Crippen LogP contribution in [0.3, 0.4) is 0 Å². The molecule has 4 nitrogen and oxygen atoms in total. The van der Waals surface area contributed by atoms with Crippen molar-refractivity contribution in [3.05, 3.63) is 18.0 Å². The van der Waals surface area contributed by atoms with Gasteiger partial charge < -0.3 is 5.73 Å². The van der Waals surface area contributed by atoms with Gasteiger partial charge in [-0.05, 0) is 31.9 Å². The molecule has 3 atom stereocenters. The molecule has 1 aliphatic heterocycles. The zero-order valence-electron chi connectivity index (χ0n) is 10.4. The number of aromatic nitrogens is 2. The summed E-state index contributed by atoms with van der Waals surface area (Å²) in [6.07, 6.45) is 3.06. The summed E-state index contributed by atoms with van der Waals surface area (Å²) in [5, 5.41) is 4.23. The van der Waals surface area contributed by atoms with Crippen LogP contribution < -0.4 is 5.73 Å². The van der Waals surface area contributed by atoms with Gasteiger partial charge in [0, 0.05) is 31.9 Å². The van der Waals surface area contributed by atoms with E-state index in [9.17, 15) is 0 Å². The van der Waals surface area contributed by atoms with Gasteiger partial charge in [0.15, 0.2) is 0 Å². The first kappa shape index (κ1) is 11.6. The van der Waals surface area contributed by atoms with Crippen LogP contribution in [0.4, 0.5) is 0 Å². The van der Waals surface area contributed by atoms with Gasteiger partial charge in [-0.25, -0.2) is 0 Å². The van der Waals surface area contributed by atoms with E-state index in [1.807, 2.05) is 17.9 Å². The molecule has 1 aromatic rings. The molecule has 1 aromatic heterocycles. The Kier molecular flexibility index (Phi) is 3.30. The maximum Gasteiger partial charge on any atom is 0.0549 e. The van der Waals surface area contributed by atoms with Crippen LogP contribution in [-0.2, 0) is 7.05 Å². The van der Waals surface area contributed by atoms with Gasteiger partial charge in [0.1, 0.15) is 0 Å². The predicted molar refractivity (Wildman–Crippen MR) is 65.0 cm³/mol. The molecule has 2 heterocycles. The molecule has 0 amide bonds.